The van der Waals surface area contributed by atoms with Crippen LogP contribution in [-0.4, -0.2) is 39.2 Å². The van der Waals surface area contributed by atoms with Crippen molar-refractivity contribution in [2.24, 2.45) is 7.05 Å². The van der Waals surface area contributed by atoms with Gasteiger partial charge in [0.05, 0.1) is 0 Å². The summed E-state index contributed by atoms with van der Waals surface area (Å²) in [6, 6.07) is 1.01. The molecule has 0 aliphatic heterocycles. The first kappa shape index (κ1) is 12.1. The molecule has 2 rings (SSSR count). The number of nitrogens with one attached hydrogen (secondary N) is 2. The Morgan fingerprint density at radius 2 is 2.28 bits per heavy atom. The molecule has 0 spiro atoms. The number of rotatable bonds is 4. The third-order valence-electron chi connectivity index (χ3n) is 2.13. The summed E-state index contributed by atoms with van der Waals surface area (Å²) < 4.78 is 27.2. The van der Waals surface area contributed by atoms with Crippen LogP contribution >= 0.6 is 0 Å². The van der Waals surface area contributed by atoms with Gasteiger partial charge in [0.1, 0.15) is 16.9 Å². The molecule has 2 aromatic heterocycles. The number of aromatic amines is 1. The van der Waals surface area contributed by atoms with Crippen LogP contribution in [0.4, 0.5) is 5.95 Å². The number of hydrogen-bond donors (Lipinski definition) is 3. The fourth-order valence-electron chi connectivity index (χ4n) is 1.22. The average molecular weight is 271 g/mol. The van der Waals surface area contributed by atoms with E-state index in [9.17, 15) is 13.2 Å². The van der Waals surface area contributed by atoms with E-state index in [-0.39, 0.29) is 16.5 Å². The molecule has 0 unspecified atom stereocenters. The van der Waals surface area contributed by atoms with E-state index in [0.29, 0.717) is 0 Å². The van der Waals surface area contributed by atoms with Crippen LogP contribution in [0.2, 0.25) is 0 Å². The van der Waals surface area contributed by atoms with Crippen molar-refractivity contribution < 1.29 is 18.3 Å². The monoisotopic (exact) mass is 271 g/mol. The summed E-state index contributed by atoms with van der Waals surface area (Å²) in [7, 11) is -2.37. The van der Waals surface area contributed by atoms with Crippen LogP contribution in [0.5, 0.6) is 0 Å². The molecule has 0 fully saturated rings. The van der Waals surface area contributed by atoms with Crippen molar-refractivity contribution in [3.05, 3.63) is 24.3 Å². The number of aromatic nitrogens is 4. The van der Waals surface area contributed by atoms with Gasteiger partial charge in [-0.3, -0.25) is 0 Å². The molecule has 18 heavy (non-hydrogen) atoms. The highest BCUT2D eigenvalue weighted by Gasteiger charge is 2.20. The summed E-state index contributed by atoms with van der Waals surface area (Å²) >= 11 is 0. The number of H-pyrrole nitrogens is 1. The van der Waals surface area contributed by atoms with Gasteiger partial charge in [0, 0.05) is 13.2 Å². The Kier molecular flexibility index (Phi) is 2.79. The molecule has 0 saturated heterocycles. The lowest BCUT2D eigenvalue weighted by Gasteiger charge is -2.04. The lowest BCUT2D eigenvalue weighted by Crippen LogP contribution is -2.15. The molecular weight excluding hydrogens is 262 g/mol. The minimum atomic E-state index is -3.89. The Bertz CT molecular complexity index is 686. The number of nitrogens with zero attached hydrogens (tertiary/aromatic N) is 3. The SMILES string of the molecule is Cn1ncnc1NS(=O)(=O)c1c[nH]c(C(=O)O)c1. The van der Waals surface area contributed by atoms with Gasteiger partial charge in [0.15, 0.2) is 0 Å². The van der Waals surface area contributed by atoms with E-state index in [1.165, 1.54) is 18.1 Å². The average Bonchev–Trinajstić information content (AvgIpc) is 2.88. The van der Waals surface area contributed by atoms with Gasteiger partial charge in [-0.1, -0.05) is 0 Å². The van der Waals surface area contributed by atoms with Crippen LogP contribution in [0, 0.1) is 0 Å². The van der Waals surface area contributed by atoms with Crippen molar-refractivity contribution in [1.29, 1.82) is 0 Å². The zero-order chi connectivity index (χ0) is 13.3. The smallest absolute Gasteiger partial charge is 0.352 e. The van der Waals surface area contributed by atoms with E-state index in [1.54, 1.807) is 0 Å². The van der Waals surface area contributed by atoms with Gasteiger partial charge in [-0.2, -0.15) is 10.1 Å². The van der Waals surface area contributed by atoms with Gasteiger partial charge >= 0.3 is 5.97 Å². The molecule has 96 valence electrons. The normalized spacial score (nSPS) is 11.4. The van der Waals surface area contributed by atoms with Crippen LogP contribution in [0.15, 0.2) is 23.5 Å². The summed E-state index contributed by atoms with van der Waals surface area (Å²) in [4.78, 5) is 16.5. The highest BCUT2D eigenvalue weighted by molar-refractivity contribution is 7.92. The maximum atomic E-state index is 11.9. The van der Waals surface area contributed by atoms with Crippen molar-refractivity contribution in [1.82, 2.24) is 19.7 Å². The summed E-state index contributed by atoms with van der Waals surface area (Å²) in [6.07, 6.45) is 2.28. The molecule has 9 nitrogen and oxygen atoms in total. The van der Waals surface area contributed by atoms with E-state index in [1.807, 2.05) is 0 Å². The first-order chi connectivity index (χ1) is 8.40. The molecule has 0 saturated carbocycles. The van der Waals surface area contributed by atoms with E-state index in [2.05, 4.69) is 19.8 Å². The van der Waals surface area contributed by atoms with Crippen LogP contribution in [0.3, 0.4) is 0 Å². The maximum Gasteiger partial charge on any atom is 0.352 e. The van der Waals surface area contributed by atoms with E-state index < -0.39 is 16.0 Å². The molecule has 0 aliphatic carbocycles. The topological polar surface area (TPSA) is 130 Å². The summed E-state index contributed by atoms with van der Waals surface area (Å²) in [6.45, 7) is 0. The number of aromatic carboxylic acids is 1. The van der Waals surface area contributed by atoms with E-state index in [4.69, 9.17) is 5.11 Å². The van der Waals surface area contributed by atoms with E-state index >= 15 is 0 Å². The Hall–Kier alpha value is -2.36. The van der Waals surface area contributed by atoms with Crippen LogP contribution in [0.25, 0.3) is 0 Å². The fourth-order valence-corrected chi connectivity index (χ4v) is 2.25. The zero-order valence-electron chi connectivity index (χ0n) is 9.15. The van der Waals surface area contributed by atoms with Gasteiger partial charge in [-0.05, 0) is 6.07 Å². The van der Waals surface area contributed by atoms with Gasteiger partial charge in [0.2, 0.25) is 5.95 Å². The second kappa shape index (κ2) is 4.14. The highest BCUT2D eigenvalue weighted by Crippen LogP contribution is 2.14. The van der Waals surface area contributed by atoms with Gasteiger partial charge in [0.25, 0.3) is 10.0 Å². The van der Waals surface area contributed by atoms with Gasteiger partial charge < -0.3 is 10.1 Å². The quantitative estimate of drug-likeness (QED) is 0.696. The van der Waals surface area contributed by atoms with Crippen molar-refractivity contribution >= 4 is 21.9 Å². The predicted molar refractivity (Wildman–Crippen MR) is 59.6 cm³/mol. The molecule has 0 radical (unpaired) electrons. The number of aryl methyl sites for hydroxylation is 1. The lowest BCUT2D eigenvalue weighted by atomic mass is 10.4. The number of sulfonamides is 1. The van der Waals surface area contributed by atoms with Gasteiger partial charge in [-0.15, -0.1) is 0 Å². The Morgan fingerprint density at radius 3 is 2.78 bits per heavy atom. The summed E-state index contributed by atoms with van der Waals surface area (Å²) in [5.41, 5.74) is -0.214. The van der Waals surface area contributed by atoms with Crippen molar-refractivity contribution in [2.75, 3.05) is 4.72 Å². The first-order valence-electron chi connectivity index (χ1n) is 4.68. The third-order valence-corrected chi connectivity index (χ3v) is 3.44. The Balaban J connectivity index is 2.31. The van der Waals surface area contributed by atoms with E-state index in [0.717, 1.165) is 12.3 Å². The fraction of sp³-hybridized carbons (Fsp3) is 0.125. The van der Waals surface area contributed by atoms with Crippen LogP contribution in [0.1, 0.15) is 10.5 Å². The largest absolute Gasteiger partial charge is 0.477 e. The molecule has 0 bridgehead atoms. The number of anilines is 1. The third kappa shape index (κ3) is 2.18. The lowest BCUT2D eigenvalue weighted by molar-refractivity contribution is 0.0691. The maximum absolute atomic E-state index is 11.9. The predicted octanol–water partition coefficient (Wildman–Crippen LogP) is -0.358. The molecule has 2 heterocycles. The van der Waals surface area contributed by atoms with Crippen LogP contribution < -0.4 is 4.72 Å². The Morgan fingerprint density at radius 1 is 1.56 bits per heavy atom. The molecule has 0 atom stereocenters. The summed E-state index contributed by atoms with van der Waals surface area (Å²) in [5.74, 6) is -1.21. The standard InChI is InChI=1S/C8H9N5O4S/c1-13-8(10-4-11-13)12-18(16,17)5-2-6(7(14)15)9-3-5/h2-4,9H,1H3,(H,14,15)(H,10,11,12). The highest BCUT2D eigenvalue weighted by atomic mass is 32.2. The number of carbonyl (C=O) groups is 1. The molecule has 0 aliphatic rings. The number of carboxylic acid groups (broad SMARTS) is 1. The minimum absolute atomic E-state index is 0.0353. The molecule has 10 heteroatoms. The summed E-state index contributed by atoms with van der Waals surface area (Å²) in [5, 5.41) is 12.4. The first-order valence-corrected chi connectivity index (χ1v) is 6.17. The molecule has 0 amide bonds. The molecule has 3 N–H and O–H groups in total. The van der Waals surface area contributed by atoms with Crippen molar-refractivity contribution in [2.45, 2.75) is 4.90 Å². The number of hydrogen-bond acceptors (Lipinski definition) is 5. The molecular formula is C8H9N5O4S. The van der Waals surface area contributed by atoms with Crippen LogP contribution in [-0.2, 0) is 17.1 Å². The minimum Gasteiger partial charge on any atom is -0.477 e. The Labute approximate surface area is 102 Å². The second-order valence-electron chi connectivity index (χ2n) is 3.37. The zero-order valence-corrected chi connectivity index (χ0v) is 9.97. The molecule has 0 aromatic carbocycles. The van der Waals surface area contributed by atoms with Gasteiger partial charge in [-0.25, -0.2) is 22.6 Å². The van der Waals surface area contributed by atoms with Crippen molar-refractivity contribution in [3.63, 3.8) is 0 Å². The van der Waals surface area contributed by atoms with Crippen molar-refractivity contribution in [3.8, 4) is 0 Å². The number of carboxylic acids is 1. The second-order valence-corrected chi connectivity index (χ2v) is 5.05. The molecule has 2 aromatic rings.